The number of hydrogen-bond donors (Lipinski definition) is 0. The van der Waals surface area contributed by atoms with Crippen LogP contribution in [0, 0.1) is 17.1 Å². The molecule has 0 amide bonds. The van der Waals surface area contributed by atoms with E-state index in [-0.39, 0.29) is 0 Å². The molecule has 1 fully saturated rings. The Bertz CT molecular complexity index is 915. The topological polar surface area (TPSA) is 3.24 Å². The van der Waals surface area contributed by atoms with Gasteiger partial charge in [0.2, 0.25) is 0 Å². The molecule has 0 aliphatic carbocycles. The lowest BCUT2D eigenvalue weighted by Crippen LogP contribution is -2.29. The number of piperidine rings is 1. The maximum absolute atomic E-state index is 3.31. The predicted molar refractivity (Wildman–Crippen MR) is 113 cm³/mol. The third kappa shape index (κ3) is 4.49. The highest BCUT2D eigenvalue weighted by Gasteiger charge is 2.19. The van der Waals surface area contributed by atoms with E-state index >= 15 is 0 Å². The summed E-state index contributed by atoms with van der Waals surface area (Å²) in [7, 11) is 0. The summed E-state index contributed by atoms with van der Waals surface area (Å²) in [6, 6.07) is 25.7. The molecule has 4 rings (SSSR count). The molecule has 130 valence electrons. The molecule has 0 spiro atoms. The second-order valence-corrected chi connectivity index (χ2v) is 7.85. The van der Waals surface area contributed by atoms with Gasteiger partial charge in [0, 0.05) is 30.6 Å². The van der Waals surface area contributed by atoms with Crippen molar-refractivity contribution in [2.75, 3.05) is 13.1 Å². The highest BCUT2D eigenvalue weighted by molar-refractivity contribution is 8.01. The van der Waals surface area contributed by atoms with E-state index in [1.807, 2.05) is 0 Å². The number of fused-ring (bicyclic) bond motifs is 1. The van der Waals surface area contributed by atoms with Gasteiger partial charge in [-0.05, 0) is 58.9 Å². The summed E-state index contributed by atoms with van der Waals surface area (Å²) >= 11 is 1.68. The summed E-state index contributed by atoms with van der Waals surface area (Å²) in [6.45, 7) is 2.27. The maximum Gasteiger partial charge on any atom is 0.0261 e. The van der Waals surface area contributed by atoms with Crippen molar-refractivity contribution in [2.45, 2.75) is 19.3 Å². The zero-order valence-corrected chi connectivity index (χ0v) is 15.7. The van der Waals surface area contributed by atoms with Crippen molar-refractivity contribution in [3.05, 3.63) is 83.9 Å². The fourth-order valence-electron chi connectivity index (χ4n) is 3.57. The highest BCUT2D eigenvalue weighted by atomic mass is 32.2. The Morgan fingerprint density at radius 2 is 1.58 bits per heavy atom. The van der Waals surface area contributed by atoms with E-state index in [1.54, 1.807) is 11.9 Å². The van der Waals surface area contributed by atoms with Gasteiger partial charge in [-0.15, -0.1) is 0 Å². The van der Waals surface area contributed by atoms with Gasteiger partial charge in [0.25, 0.3) is 0 Å². The molecule has 0 bridgehead atoms. The lowest BCUT2D eigenvalue weighted by molar-refractivity contribution is 0.291. The Hall–Kier alpha value is -2.21. The summed E-state index contributed by atoms with van der Waals surface area (Å²) in [4.78, 5) is 0. The van der Waals surface area contributed by atoms with Crippen LogP contribution in [-0.2, 0) is 6.42 Å². The smallest absolute Gasteiger partial charge is 0.0261 e. The SMILES string of the molecule is C(#Cc1ccc2ccccc2c1)SN1CCC(Cc2ccccc2)CC1. The van der Waals surface area contributed by atoms with Gasteiger partial charge in [0.1, 0.15) is 0 Å². The van der Waals surface area contributed by atoms with Gasteiger partial charge in [0.05, 0.1) is 0 Å². The minimum absolute atomic E-state index is 0.808. The van der Waals surface area contributed by atoms with Crippen molar-refractivity contribution >= 4 is 22.7 Å². The van der Waals surface area contributed by atoms with Gasteiger partial charge >= 0.3 is 0 Å². The molecule has 1 nitrogen and oxygen atoms in total. The molecule has 1 saturated heterocycles. The molecule has 0 unspecified atom stereocenters. The van der Waals surface area contributed by atoms with Crippen molar-refractivity contribution in [2.24, 2.45) is 5.92 Å². The van der Waals surface area contributed by atoms with Gasteiger partial charge < -0.3 is 0 Å². The largest absolute Gasteiger partial charge is 0.240 e. The molecule has 3 aromatic rings. The average Bonchev–Trinajstić information content (AvgIpc) is 2.70. The maximum atomic E-state index is 3.31. The molecule has 3 aromatic carbocycles. The summed E-state index contributed by atoms with van der Waals surface area (Å²) in [5.74, 6) is 4.11. The monoisotopic (exact) mass is 357 g/mol. The summed E-state index contributed by atoms with van der Waals surface area (Å²) in [5, 5.41) is 5.82. The highest BCUT2D eigenvalue weighted by Crippen LogP contribution is 2.25. The van der Waals surface area contributed by atoms with Gasteiger partial charge in [0.15, 0.2) is 0 Å². The third-order valence-corrected chi connectivity index (χ3v) is 5.88. The van der Waals surface area contributed by atoms with Crippen LogP contribution < -0.4 is 0 Å². The van der Waals surface area contributed by atoms with E-state index < -0.39 is 0 Å². The summed E-state index contributed by atoms with van der Waals surface area (Å²) in [6.07, 6.45) is 3.74. The molecule has 0 radical (unpaired) electrons. The summed E-state index contributed by atoms with van der Waals surface area (Å²) in [5.41, 5.74) is 2.56. The molecule has 0 atom stereocenters. The zero-order chi connectivity index (χ0) is 17.6. The third-order valence-electron chi connectivity index (χ3n) is 5.06. The molecular formula is C24H23NS. The zero-order valence-electron chi connectivity index (χ0n) is 14.9. The van der Waals surface area contributed by atoms with Gasteiger partial charge in [-0.1, -0.05) is 66.6 Å². The normalized spacial score (nSPS) is 15.5. The van der Waals surface area contributed by atoms with Crippen molar-refractivity contribution in [3.63, 3.8) is 0 Å². The molecule has 1 heterocycles. The number of benzene rings is 3. The van der Waals surface area contributed by atoms with E-state index in [0.717, 1.165) is 24.6 Å². The quantitative estimate of drug-likeness (QED) is 0.433. The molecule has 0 N–H and O–H groups in total. The Morgan fingerprint density at radius 1 is 0.846 bits per heavy atom. The van der Waals surface area contributed by atoms with Crippen LogP contribution in [0.15, 0.2) is 72.8 Å². The molecule has 1 aliphatic heterocycles. The van der Waals surface area contributed by atoms with Gasteiger partial charge in [-0.3, -0.25) is 0 Å². The number of rotatable bonds is 3. The van der Waals surface area contributed by atoms with Crippen LogP contribution in [0.25, 0.3) is 10.8 Å². The fraction of sp³-hybridized carbons (Fsp3) is 0.250. The minimum atomic E-state index is 0.808. The molecule has 26 heavy (non-hydrogen) atoms. The molecule has 0 aromatic heterocycles. The second-order valence-electron chi connectivity index (χ2n) is 6.94. The average molecular weight is 358 g/mol. The Kier molecular flexibility index (Phi) is 5.59. The van der Waals surface area contributed by atoms with Crippen molar-refractivity contribution in [1.82, 2.24) is 4.31 Å². The van der Waals surface area contributed by atoms with Crippen molar-refractivity contribution in [1.29, 1.82) is 0 Å². The first kappa shape index (κ1) is 17.2. The molecule has 2 heteroatoms. The van der Waals surface area contributed by atoms with Crippen LogP contribution in [0.2, 0.25) is 0 Å². The van der Waals surface area contributed by atoms with E-state index in [9.17, 15) is 0 Å². The van der Waals surface area contributed by atoms with Crippen LogP contribution in [-0.4, -0.2) is 17.4 Å². The van der Waals surface area contributed by atoms with Crippen LogP contribution in [0.4, 0.5) is 0 Å². The molecule has 1 aliphatic rings. The van der Waals surface area contributed by atoms with Crippen LogP contribution in [0.1, 0.15) is 24.0 Å². The Morgan fingerprint density at radius 3 is 2.38 bits per heavy atom. The Labute approximate surface area is 160 Å². The number of hydrogen-bond acceptors (Lipinski definition) is 2. The summed E-state index contributed by atoms with van der Waals surface area (Å²) < 4.78 is 2.41. The fourth-order valence-corrected chi connectivity index (χ4v) is 4.25. The van der Waals surface area contributed by atoms with Crippen LogP contribution >= 0.6 is 11.9 Å². The van der Waals surface area contributed by atoms with E-state index in [1.165, 1.54) is 35.6 Å². The van der Waals surface area contributed by atoms with Crippen LogP contribution in [0.5, 0.6) is 0 Å². The van der Waals surface area contributed by atoms with E-state index in [4.69, 9.17) is 0 Å². The van der Waals surface area contributed by atoms with E-state index in [0.29, 0.717) is 0 Å². The van der Waals surface area contributed by atoms with Crippen LogP contribution in [0.3, 0.4) is 0 Å². The van der Waals surface area contributed by atoms with Crippen molar-refractivity contribution < 1.29 is 0 Å². The predicted octanol–water partition coefficient (Wildman–Crippen LogP) is 5.75. The van der Waals surface area contributed by atoms with Gasteiger partial charge in [-0.25, -0.2) is 4.31 Å². The standard InChI is InChI=1S/C24H23NS/c1-2-6-20(7-3-1)18-22-12-15-25(16-13-22)26-17-14-21-10-11-23-8-4-5-9-24(23)19-21/h1-11,19,22H,12-13,15-16,18H2. The number of nitrogens with zero attached hydrogens (tertiary/aromatic N) is 1. The first-order valence-electron chi connectivity index (χ1n) is 9.32. The molecular weight excluding hydrogens is 334 g/mol. The van der Waals surface area contributed by atoms with E-state index in [2.05, 4.69) is 88.3 Å². The first-order chi connectivity index (χ1) is 12.9. The van der Waals surface area contributed by atoms with Gasteiger partial charge in [-0.2, -0.15) is 0 Å². The molecule has 0 saturated carbocycles. The second kappa shape index (κ2) is 8.45. The first-order valence-corrected chi connectivity index (χ1v) is 10.1. The lowest BCUT2D eigenvalue weighted by atomic mass is 9.91. The Balaban J connectivity index is 1.29. The minimum Gasteiger partial charge on any atom is -0.240 e. The van der Waals surface area contributed by atoms with Crippen molar-refractivity contribution in [3.8, 4) is 11.2 Å². The lowest BCUT2D eigenvalue weighted by Gasteiger charge is -2.29.